The average Bonchev–Trinajstić information content (AvgIpc) is 2.13. The van der Waals surface area contributed by atoms with Crippen molar-refractivity contribution in [2.24, 2.45) is 0 Å². The molecule has 0 amide bonds. The highest BCUT2D eigenvalue weighted by Crippen LogP contribution is 2.29. The fourth-order valence-corrected chi connectivity index (χ4v) is 1.62. The van der Waals surface area contributed by atoms with Gasteiger partial charge in [-0.2, -0.15) is 0 Å². The van der Waals surface area contributed by atoms with Gasteiger partial charge in [-0.25, -0.2) is 0 Å². The second kappa shape index (κ2) is 5.51. The fourth-order valence-electron chi connectivity index (χ4n) is 1.04. The van der Waals surface area contributed by atoms with Gasteiger partial charge in [-0.1, -0.05) is 31.0 Å². The molecule has 1 nitrogen and oxygen atoms in total. The number of unbranched alkanes of at least 4 members (excludes halogenated alkanes) is 1. The van der Waals surface area contributed by atoms with Crippen molar-refractivity contribution < 1.29 is 0 Å². The Kier molecular flexibility index (Phi) is 4.60. The predicted octanol–water partition coefficient (Wildman–Crippen LogP) is 4.31. The van der Waals surface area contributed by atoms with Gasteiger partial charge in [0.2, 0.25) is 0 Å². The van der Waals surface area contributed by atoms with E-state index < -0.39 is 0 Å². The summed E-state index contributed by atoms with van der Waals surface area (Å²) in [5, 5.41) is 4.07. The van der Waals surface area contributed by atoms with Crippen LogP contribution in [0.5, 0.6) is 0 Å². The smallest absolute Gasteiger partial charge is 0.0593 e. The minimum Gasteiger partial charge on any atom is -0.384 e. The van der Waals surface area contributed by atoms with E-state index >= 15 is 0 Å². The third-order valence-electron chi connectivity index (χ3n) is 1.80. The summed E-state index contributed by atoms with van der Waals surface area (Å²) < 4.78 is 0.952. The van der Waals surface area contributed by atoms with Crippen LogP contribution in [0.15, 0.2) is 22.7 Å². The predicted molar refractivity (Wildman–Crippen MR) is 62.5 cm³/mol. The molecule has 0 bridgehead atoms. The number of hydrogen-bond donors (Lipinski definition) is 1. The van der Waals surface area contributed by atoms with Crippen LogP contribution < -0.4 is 5.32 Å². The van der Waals surface area contributed by atoms with Crippen molar-refractivity contribution in [3.63, 3.8) is 0 Å². The zero-order valence-corrected chi connectivity index (χ0v) is 9.95. The van der Waals surface area contributed by atoms with Crippen molar-refractivity contribution in [1.29, 1.82) is 0 Å². The minimum absolute atomic E-state index is 0.751. The molecular weight excluding hydrogens is 249 g/mol. The summed E-state index contributed by atoms with van der Waals surface area (Å²) in [4.78, 5) is 0. The van der Waals surface area contributed by atoms with Crippen LogP contribution in [-0.2, 0) is 0 Å². The highest BCUT2D eigenvalue weighted by Gasteiger charge is 2.01. The highest BCUT2D eigenvalue weighted by molar-refractivity contribution is 9.10. The monoisotopic (exact) mass is 261 g/mol. The molecule has 0 unspecified atom stereocenters. The van der Waals surface area contributed by atoms with Crippen LogP contribution in [0.4, 0.5) is 5.69 Å². The van der Waals surface area contributed by atoms with Gasteiger partial charge >= 0.3 is 0 Å². The molecule has 0 spiro atoms. The molecule has 0 radical (unpaired) electrons. The normalized spacial score (nSPS) is 10.1. The molecule has 0 aliphatic heterocycles. The van der Waals surface area contributed by atoms with Crippen LogP contribution in [0.1, 0.15) is 19.8 Å². The Morgan fingerprint density at radius 1 is 1.46 bits per heavy atom. The standard InChI is InChI=1S/C10H13BrClN/c1-2-3-7-13-9-6-4-5-8(12)10(9)11/h4-6,13H,2-3,7H2,1H3. The quantitative estimate of drug-likeness (QED) is 0.797. The second-order valence-corrected chi connectivity index (χ2v) is 4.08. The van der Waals surface area contributed by atoms with Gasteiger partial charge in [0.25, 0.3) is 0 Å². The lowest BCUT2D eigenvalue weighted by Crippen LogP contribution is -2.01. The number of hydrogen-bond acceptors (Lipinski definition) is 1. The molecule has 0 aliphatic carbocycles. The maximum atomic E-state index is 5.94. The second-order valence-electron chi connectivity index (χ2n) is 2.88. The molecule has 72 valence electrons. The molecule has 0 aliphatic rings. The van der Waals surface area contributed by atoms with Crippen molar-refractivity contribution in [2.45, 2.75) is 19.8 Å². The van der Waals surface area contributed by atoms with Crippen molar-refractivity contribution in [1.82, 2.24) is 0 Å². The Hall–Kier alpha value is -0.210. The van der Waals surface area contributed by atoms with E-state index in [2.05, 4.69) is 28.2 Å². The van der Waals surface area contributed by atoms with E-state index in [9.17, 15) is 0 Å². The van der Waals surface area contributed by atoms with Gasteiger partial charge in [0.15, 0.2) is 0 Å². The van der Waals surface area contributed by atoms with E-state index in [1.54, 1.807) is 0 Å². The molecule has 1 rings (SSSR count). The van der Waals surface area contributed by atoms with Gasteiger partial charge < -0.3 is 5.32 Å². The van der Waals surface area contributed by atoms with Crippen molar-refractivity contribution >= 4 is 33.2 Å². The van der Waals surface area contributed by atoms with Crippen molar-refractivity contribution in [2.75, 3.05) is 11.9 Å². The summed E-state index contributed by atoms with van der Waals surface area (Å²) in [5.74, 6) is 0. The highest BCUT2D eigenvalue weighted by atomic mass is 79.9. The summed E-state index contributed by atoms with van der Waals surface area (Å²) in [5.41, 5.74) is 1.07. The number of nitrogens with one attached hydrogen (secondary N) is 1. The summed E-state index contributed by atoms with van der Waals surface area (Å²) in [6.45, 7) is 3.17. The van der Waals surface area contributed by atoms with E-state index in [0.717, 1.165) is 21.7 Å². The molecule has 1 aromatic rings. The van der Waals surface area contributed by atoms with Gasteiger partial charge in [0, 0.05) is 12.2 Å². The third-order valence-corrected chi connectivity index (χ3v) is 3.19. The lowest BCUT2D eigenvalue weighted by molar-refractivity contribution is 0.834. The maximum Gasteiger partial charge on any atom is 0.0593 e. The van der Waals surface area contributed by atoms with Gasteiger partial charge in [0.05, 0.1) is 9.50 Å². The number of rotatable bonds is 4. The van der Waals surface area contributed by atoms with E-state index in [0.29, 0.717) is 0 Å². The topological polar surface area (TPSA) is 12.0 Å². The van der Waals surface area contributed by atoms with Crippen LogP contribution >= 0.6 is 27.5 Å². The number of anilines is 1. The van der Waals surface area contributed by atoms with Crippen LogP contribution in [0.3, 0.4) is 0 Å². The van der Waals surface area contributed by atoms with E-state index in [-0.39, 0.29) is 0 Å². The van der Waals surface area contributed by atoms with Gasteiger partial charge in [-0.05, 0) is 34.5 Å². The Labute approximate surface area is 92.6 Å². The van der Waals surface area contributed by atoms with Crippen molar-refractivity contribution in [3.05, 3.63) is 27.7 Å². The Morgan fingerprint density at radius 3 is 2.92 bits per heavy atom. The van der Waals surface area contributed by atoms with Crippen LogP contribution in [0.2, 0.25) is 5.02 Å². The number of halogens is 2. The Bertz CT molecular complexity index is 276. The summed E-state index contributed by atoms with van der Waals surface area (Å²) in [7, 11) is 0. The third kappa shape index (κ3) is 3.20. The Morgan fingerprint density at radius 2 is 2.23 bits per heavy atom. The Balaban J connectivity index is 2.61. The van der Waals surface area contributed by atoms with Gasteiger partial charge in [0.1, 0.15) is 0 Å². The molecule has 1 N–H and O–H groups in total. The lowest BCUT2D eigenvalue weighted by Gasteiger charge is -2.08. The summed E-state index contributed by atoms with van der Waals surface area (Å²) in [6.07, 6.45) is 2.38. The fraction of sp³-hybridized carbons (Fsp3) is 0.400. The molecule has 0 fully saturated rings. The zero-order valence-electron chi connectivity index (χ0n) is 7.61. The van der Waals surface area contributed by atoms with Crippen molar-refractivity contribution in [3.8, 4) is 0 Å². The first-order chi connectivity index (χ1) is 6.25. The van der Waals surface area contributed by atoms with E-state index in [4.69, 9.17) is 11.6 Å². The summed E-state index contributed by atoms with van der Waals surface area (Å²) >= 11 is 9.38. The summed E-state index contributed by atoms with van der Waals surface area (Å²) in [6, 6.07) is 5.84. The van der Waals surface area contributed by atoms with Crippen LogP contribution in [-0.4, -0.2) is 6.54 Å². The molecule has 1 aromatic carbocycles. The first-order valence-electron chi connectivity index (χ1n) is 4.43. The molecule has 0 aromatic heterocycles. The molecule has 0 heterocycles. The number of benzene rings is 1. The zero-order chi connectivity index (χ0) is 9.68. The van der Waals surface area contributed by atoms with E-state index in [1.807, 2.05) is 18.2 Å². The first-order valence-corrected chi connectivity index (χ1v) is 5.60. The maximum absolute atomic E-state index is 5.94. The lowest BCUT2D eigenvalue weighted by atomic mass is 10.3. The van der Waals surface area contributed by atoms with Crippen LogP contribution in [0.25, 0.3) is 0 Å². The molecule has 13 heavy (non-hydrogen) atoms. The average molecular weight is 263 g/mol. The SMILES string of the molecule is CCCCNc1cccc(Cl)c1Br. The minimum atomic E-state index is 0.751. The molecular formula is C10H13BrClN. The molecule has 3 heteroatoms. The van der Waals surface area contributed by atoms with Crippen LogP contribution in [0, 0.1) is 0 Å². The van der Waals surface area contributed by atoms with Gasteiger partial charge in [-0.15, -0.1) is 0 Å². The molecule has 0 atom stereocenters. The van der Waals surface area contributed by atoms with Gasteiger partial charge in [-0.3, -0.25) is 0 Å². The van der Waals surface area contributed by atoms with E-state index in [1.165, 1.54) is 12.8 Å². The first kappa shape index (κ1) is 10.9. The molecule has 0 saturated heterocycles. The molecule has 0 saturated carbocycles. The largest absolute Gasteiger partial charge is 0.384 e.